The summed E-state index contributed by atoms with van der Waals surface area (Å²) in [6.45, 7) is 5.55. The molecule has 78 valence electrons. The van der Waals surface area contributed by atoms with Crippen molar-refractivity contribution < 1.29 is 0 Å². The fourth-order valence-electron chi connectivity index (χ4n) is 1.23. The second-order valence-electron chi connectivity index (χ2n) is 3.74. The van der Waals surface area contributed by atoms with Crippen LogP contribution < -0.4 is 5.32 Å². The third-order valence-electron chi connectivity index (χ3n) is 2.51. The van der Waals surface area contributed by atoms with Gasteiger partial charge in [0.05, 0.1) is 0 Å². The van der Waals surface area contributed by atoms with Crippen molar-refractivity contribution in [3.63, 3.8) is 0 Å². The molecule has 1 aromatic rings. The van der Waals surface area contributed by atoms with E-state index < -0.39 is 0 Å². The number of benzene rings is 1. The van der Waals surface area contributed by atoms with E-state index in [2.05, 4.69) is 19.2 Å². The molecule has 0 spiro atoms. The summed E-state index contributed by atoms with van der Waals surface area (Å²) in [5.41, 5.74) is 1.15. The number of nitrogens with one attached hydrogen (secondary N) is 1. The molecule has 0 saturated heterocycles. The molecule has 1 rings (SSSR count). The van der Waals surface area contributed by atoms with Crippen LogP contribution in [-0.4, -0.2) is 6.54 Å². The lowest BCUT2D eigenvalue weighted by molar-refractivity contribution is 0.532. The van der Waals surface area contributed by atoms with Crippen molar-refractivity contribution in [3.05, 3.63) is 29.3 Å². The van der Waals surface area contributed by atoms with Gasteiger partial charge in [-0.25, -0.2) is 0 Å². The molecule has 0 aliphatic carbocycles. The predicted molar refractivity (Wildman–Crippen MR) is 64.0 cm³/mol. The van der Waals surface area contributed by atoms with Crippen LogP contribution in [0.25, 0.3) is 0 Å². The van der Waals surface area contributed by atoms with E-state index in [0.29, 0.717) is 0 Å². The SMILES string of the molecule is CCC(C)CCNc1ccc(Cl)cc1. The number of hydrogen-bond donors (Lipinski definition) is 1. The van der Waals surface area contributed by atoms with Crippen molar-refractivity contribution in [3.8, 4) is 0 Å². The topological polar surface area (TPSA) is 12.0 Å². The Kier molecular flexibility index (Phi) is 4.81. The highest BCUT2D eigenvalue weighted by molar-refractivity contribution is 6.30. The largest absolute Gasteiger partial charge is 0.385 e. The maximum Gasteiger partial charge on any atom is 0.0407 e. The maximum atomic E-state index is 5.79. The summed E-state index contributed by atoms with van der Waals surface area (Å²) in [4.78, 5) is 0. The lowest BCUT2D eigenvalue weighted by atomic mass is 10.1. The van der Waals surface area contributed by atoms with Gasteiger partial charge in [0.25, 0.3) is 0 Å². The molecule has 1 unspecified atom stereocenters. The third kappa shape index (κ3) is 4.01. The van der Waals surface area contributed by atoms with Gasteiger partial charge in [0, 0.05) is 17.3 Å². The minimum atomic E-state index is 0.789. The lowest BCUT2D eigenvalue weighted by Crippen LogP contribution is -2.05. The van der Waals surface area contributed by atoms with Gasteiger partial charge in [-0.2, -0.15) is 0 Å². The van der Waals surface area contributed by atoms with Gasteiger partial charge in [0.15, 0.2) is 0 Å². The van der Waals surface area contributed by atoms with Crippen LogP contribution >= 0.6 is 11.6 Å². The van der Waals surface area contributed by atoms with Crippen LogP contribution in [0.5, 0.6) is 0 Å². The molecule has 1 atom stereocenters. The molecule has 0 aromatic heterocycles. The third-order valence-corrected chi connectivity index (χ3v) is 2.76. The van der Waals surface area contributed by atoms with E-state index in [1.165, 1.54) is 12.8 Å². The number of hydrogen-bond acceptors (Lipinski definition) is 1. The molecule has 0 radical (unpaired) electrons. The van der Waals surface area contributed by atoms with Crippen molar-refractivity contribution in [2.75, 3.05) is 11.9 Å². The molecular formula is C12H18ClN. The van der Waals surface area contributed by atoms with Crippen LogP contribution in [0.15, 0.2) is 24.3 Å². The smallest absolute Gasteiger partial charge is 0.0407 e. The molecular weight excluding hydrogens is 194 g/mol. The molecule has 0 aliphatic rings. The molecule has 1 nitrogen and oxygen atoms in total. The van der Waals surface area contributed by atoms with Gasteiger partial charge >= 0.3 is 0 Å². The second-order valence-corrected chi connectivity index (χ2v) is 4.17. The predicted octanol–water partition coefficient (Wildman–Crippen LogP) is 4.19. The Morgan fingerprint density at radius 1 is 1.29 bits per heavy atom. The first-order chi connectivity index (χ1) is 6.72. The first-order valence-electron chi connectivity index (χ1n) is 5.21. The van der Waals surface area contributed by atoms with E-state index >= 15 is 0 Å². The minimum Gasteiger partial charge on any atom is -0.385 e. The standard InChI is InChI=1S/C12H18ClN/c1-3-10(2)8-9-14-12-6-4-11(13)5-7-12/h4-7,10,14H,3,8-9H2,1-2H3. The number of halogens is 1. The Balaban J connectivity index is 2.28. The quantitative estimate of drug-likeness (QED) is 0.770. The molecule has 0 amide bonds. The van der Waals surface area contributed by atoms with Crippen LogP contribution in [0.3, 0.4) is 0 Å². The van der Waals surface area contributed by atoms with Gasteiger partial charge in [-0.3, -0.25) is 0 Å². The van der Waals surface area contributed by atoms with Gasteiger partial charge < -0.3 is 5.32 Å². The Hall–Kier alpha value is -0.690. The Morgan fingerprint density at radius 3 is 2.50 bits per heavy atom. The van der Waals surface area contributed by atoms with Crippen molar-refractivity contribution in [2.24, 2.45) is 5.92 Å². The van der Waals surface area contributed by atoms with Crippen LogP contribution in [-0.2, 0) is 0 Å². The summed E-state index contributed by atoms with van der Waals surface area (Å²) >= 11 is 5.79. The highest BCUT2D eigenvalue weighted by Crippen LogP contribution is 2.14. The Bertz CT molecular complexity index is 256. The second kappa shape index (κ2) is 5.92. The fourth-order valence-corrected chi connectivity index (χ4v) is 1.36. The molecule has 0 fully saturated rings. The van der Waals surface area contributed by atoms with Crippen LogP contribution in [0, 0.1) is 5.92 Å². The van der Waals surface area contributed by atoms with E-state index in [4.69, 9.17) is 11.6 Å². The summed E-state index contributed by atoms with van der Waals surface area (Å²) in [6.07, 6.45) is 2.47. The summed E-state index contributed by atoms with van der Waals surface area (Å²) in [5.74, 6) is 0.801. The van der Waals surface area contributed by atoms with Crippen molar-refractivity contribution >= 4 is 17.3 Å². The van der Waals surface area contributed by atoms with E-state index in [1.807, 2.05) is 24.3 Å². The maximum absolute atomic E-state index is 5.79. The zero-order valence-corrected chi connectivity index (χ0v) is 9.64. The zero-order chi connectivity index (χ0) is 10.4. The molecule has 1 aromatic carbocycles. The highest BCUT2D eigenvalue weighted by Gasteiger charge is 1.97. The summed E-state index contributed by atoms with van der Waals surface area (Å²) in [6, 6.07) is 7.85. The Labute approximate surface area is 91.5 Å². The minimum absolute atomic E-state index is 0.789. The first-order valence-corrected chi connectivity index (χ1v) is 5.59. The average molecular weight is 212 g/mol. The molecule has 1 N–H and O–H groups in total. The monoisotopic (exact) mass is 211 g/mol. The zero-order valence-electron chi connectivity index (χ0n) is 8.89. The van der Waals surface area contributed by atoms with E-state index in [0.717, 1.165) is 23.2 Å². The highest BCUT2D eigenvalue weighted by atomic mass is 35.5. The van der Waals surface area contributed by atoms with Gasteiger partial charge in [-0.15, -0.1) is 0 Å². The molecule has 0 aliphatic heterocycles. The van der Waals surface area contributed by atoms with Gasteiger partial charge in [0.1, 0.15) is 0 Å². The average Bonchev–Trinajstić information content (AvgIpc) is 2.21. The van der Waals surface area contributed by atoms with Crippen LogP contribution in [0.2, 0.25) is 5.02 Å². The van der Waals surface area contributed by atoms with Crippen molar-refractivity contribution in [2.45, 2.75) is 26.7 Å². The number of rotatable bonds is 5. The van der Waals surface area contributed by atoms with Crippen molar-refractivity contribution in [1.29, 1.82) is 0 Å². The molecule has 0 bridgehead atoms. The lowest BCUT2D eigenvalue weighted by Gasteiger charge is -2.10. The van der Waals surface area contributed by atoms with E-state index in [-0.39, 0.29) is 0 Å². The van der Waals surface area contributed by atoms with Crippen LogP contribution in [0.4, 0.5) is 5.69 Å². The molecule has 0 heterocycles. The normalized spacial score (nSPS) is 12.5. The summed E-state index contributed by atoms with van der Waals surface area (Å²) in [7, 11) is 0. The Morgan fingerprint density at radius 2 is 1.93 bits per heavy atom. The summed E-state index contributed by atoms with van der Waals surface area (Å²) < 4.78 is 0. The van der Waals surface area contributed by atoms with Crippen molar-refractivity contribution in [1.82, 2.24) is 0 Å². The molecule has 0 saturated carbocycles. The summed E-state index contributed by atoms with van der Waals surface area (Å²) in [5, 5.41) is 4.17. The van der Waals surface area contributed by atoms with Gasteiger partial charge in [0.2, 0.25) is 0 Å². The van der Waals surface area contributed by atoms with Gasteiger partial charge in [-0.1, -0.05) is 31.9 Å². The fraction of sp³-hybridized carbons (Fsp3) is 0.500. The first kappa shape index (κ1) is 11.4. The number of anilines is 1. The van der Waals surface area contributed by atoms with E-state index in [1.54, 1.807) is 0 Å². The molecule has 2 heteroatoms. The van der Waals surface area contributed by atoms with Crippen LogP contribution in [0.1, 0.15) is 26.7 Å². The molecule has 14 heavy (non-hydrogen) atoms. The van der Waals surface area contributed by atoms with E-state index in [9.17, 15) is 0 Å². The van der Waals surface area contributed by atoms with Gasteiger partial charge in [-0.05, 0) is 36.6 Å².